The van der Waals surface area contributed by atoms with Gasteiger partial charge in [-0.3, -0.25) is 0 Å². The van der Waals surface area contributed by atoms with Gasteiger partial charge in [0.15, 0.2) is 0 Å². The summed E-state index contributed by atoms with van der Waals surface area (Å²) in [5, 5.41) is 9.32. The highest BCUT2D eigenvalue weighted by Crippen LogP contribution is 2.25. The van der Waals surface area contributed by atoms with Gasteiger partial charge in [-0.25, -0.2) is 4.39 Å². The zero-order valence-electron chi connectivity index (χ0n) is 7.63. The van der Waals surface area contributed by atoms with Crippen molar-refractivity contribution < 1.29 is 9.50 Å². The van der Waals surface area contributed by atoms with Crippen molar-refractivity contribution in [1.29, 1.82) is 0 Å². The fourth-order valence-corrected chi connectivity index (χ4v) is 1.13. The lowest BCUT2D eigenvalue weighted by atomic mass is 10.1. The fraction of sp³-hybridized carbons (Fsp3) is 0.400. The maximum Gasteiger partial charge on any atom is 0.126 e. The molecule has 1 aromatic rings. The lowest BCUT2D eigenvalue weighted by Crippen LogP contribution is -2.03. The molecule has 0 amide bonds. The number of hydrogen-bond donors (Lipinski definition) is 2. The van der Waals surface area contributed by atoms with Crippen molar-refractivity contribution in [1.82, 2.24) is 0 Å². The quantitative estimate of drug-likeness (QED) is 0.753. The molecule has 0 radical (unpaired) electrons. The van der Waals surface area contributed by atoms with E-state index in [0.29, 0.717) is 18.5 Å². The molecule has 0 saturated heterocycles. The Morgan fingerprint density at radius 3 is 2.77 bits per heavy atom. The third-order valence-electron chi connectivity index (χ3n) is 2.01. The summed E-state index contributed by atoms with van der Waals surface area (Å²) in [5.41, 5.74) is 6.48. The highest BCUT2D eigenvalue weighted by Gasteiger charge is 2.09. The van der Waals surface area contributed by atoms with Crippen LogP contribution >= 0.6 is 0 Å². The largest absolute Gasteiger partial charge is 0.508 e. The van der Waals surface area contributed by atoms with Gasteiger partial charge >= 0.3 is 0 Å². The van der Waals surface area contributed by atoms with Crippen molar-refractivity contribution in [3.63, 3.8) is 0 Å². The van der Waals surface area contributed by atoms with Gasteiger partial charge in [0.25, 0.3) is 0 Å². The Hall–Kier alpha value is -1.09. The number of halogens is 1. The smallest absolute Gasteiger partial charge is 0.126 e. The van der Waals surface area contributed by atoms with Gasteiger partial charge in [0.1, 0.15) is 11.9 Å². The summed E-state index contributed by atoms with van der Waals surface area (Å²) in [7, 11) is 0. The van der Waals surface area contributed by atoms with Gasteiger partial charge in [0, 0.05) is 0 Å². The van der Waals surface area contributed by atoms with Gasteiger partial charge in [-0.15, -0.1) is 0 Å². The molecule has 1 atom stereocenters. The number of phenols is 1. The molecule has 0 spiro atoms. The molecule has 3 heteroatoms. The third kappa shape index (κ3) is 2.42. The summed E-state index contributed by atoms with van der Waals surface area (Å²) < 4.78 is 13.3. The molecule has 0 heterocycles. The summed E-state index contributed by atoms with van der Waals surface area (Å²) in [5.74, 6) is 0.136. The molecule has 0 aliphatic rings. The summed E-state index contributed by atoms with van der Waals surface area (Å²) in [4.78, 5) is 0. The Balaban J connectivity index is 2.84. The van der Waals surface area contributed by atoms with Crippen molar-refractivity contribution in [2.75, 3.05) is 6.54 Å². The molecule has 0 aromatic heterocycles. The van der Waals surface area contributed by atoms with E-state index < -0.39 is 6.17 Å². The summed E-state index contributed by atoms with van der Waals surface area (Å²) in [6.45, 7) is 2.09. The van der Waals surface area contributed by atoms with Crippen molar-refractivity contribution >= 4 is 0 Å². The maximum absolute atomic E-state index is 13.3. The van der Waals surface area contributed by atoms with E-state index in [1.165, 1.54) is 6.07 Å². The predicted octanol–water partition coefficient (Wildman–Crippen LogP) is 2.06. The summed E-state index contributed by atoms with van der Waals surface area (Å²) in [6.07, 6.45) is -0.779. The van der Waals surface area contributed by atoms with Crippen LogP contribution in [0.3, 0.4) is 0 Å². The highest BCUT2D eigenvalue weighted by atomic mass is 19.1. The molecule has 72 valence electrons. The van der Waals surface area contributed by atoms with Crippen LogP contribution in [-0.4, -0.2) is 11.7 Å². The van der Waals surface area contributed by atoms with Gasteiger partial charge in [0.05, 0.1) is 0 Å². The SMILES string of the molecule is Cc1ccc(C(F)CCN)cc1O. The first-order valence-corrected chi connectivity index (χ1v) is 4.29. The maximum atomic E-state index is 13.3. The van der Waals surface area contributed by atoms with E-state index in [2.05, 4.69) is 0 Å². The Labute approximate surface area is 77.2 Å². The number of nitrogens with two attached hydrogens (primary N) is 1. The van der Waals surface area contributed by atoms with Crippen molar-refractivity contribution in [3.8, 4) is 5.75 Å². The first-order valence-electron chi connectivity index (χ1n) is 4.29. The second-order valence-electron chi connectivity index (χ2n) is 3.09. The molecular weight excluding hydrogens is 169 g/mol. The van der Waals surface area contributed by atoms with Crippen LogP contribution in [0.15, 0.2) is 18.2 Å². The van der Waals surface area contributed by atoms with Crippen molar-refractivity contribution in [2.45, 2.75) is 19.5 Å². The molecule has 2 nitrogen and oxygen atoms in total. The lowest BCUT2D eigenvalue weighted by molar-refractivity contribution is 0.326. The Morgan fingerprint density at radius 1 is 1.54 bits per heavy atom. The standard InChI is InChI=1S/C10H14FNO/c1-7-2-3-8(6-10(7)13)9(11)4-5-12/h2-3,6,9,13H,4-5,12H2,1H3. The minimum atomic E-state index is -1.07. The Morgan fingerprint density at radius 2 is 2.23 bits per heavy atom. The van der Waals surface area contributed by atoms with Gasteiger partial charge in [-0.1, -0.05) is 12.1 Å². The predicted molar refractivity (Wildman–Crippen MR) is 50.4 cm³/mol. The first kappa shape index (κ1) is 9.99. The van der Waals surface area contributed by atoms with Gasteiger partial charge < -0.3 is 10.8 Å². The molecule has 1 rings (SSSR count). The minimum absolute atomic E-state index is 0.136. The number of aromatic hydroxyl groups is 1. The van der Waals surface area contributed by atoms with E-state index >= 15 is 0 Å². The van der Waals surface area contributed by atoms with E-state index in [1.807, 2.05) is 0 Å². The number of aryl methyl sites for hydroxylation is 1. The van der Waals surface area contributed by atoms with Crippen LogP contribution in [0, 0.1) is 6.92 Å². The van der Waals surface area contributed by atoms with Crippen molar-refractivity contribution in [2.24, 2.45) is 5.73 Å². The van der Waals surface area contributed by atoms with Gasteiger partial charge in [-0.2, -0.15) is 0 Å². The van der Waals surface area contributed by atoms with Crippen LogP contribution in [0.2, 0.25) is 0 Å². The van der Waals surface area contributed by atoms with Crippen LogP contribution < -0.4 is 5.73 Å². The van der Waals surface area contributed by atoms with Crippen LogP contribution in [-0.2, 0) is 0 Å². The van der Waals surface area contributed by atoms with Crippen molar-refractivity contribution in [3.05, 3.63) is 29.3 Å². The molecule has 0 aliphatic carbocycles. The average Bonchev–Trinajstić information content (AvgIpc) is 2.10. The zero-order valence-corrected chi connectivity index (χ0v) is 7.63. The monoisotopic (exact) mass is 183 g/mol. The normalized spacial score (nSPS) is 12.8. The van der Waals surface area contributed by atoms with Crippen LogP contribution in [0.25, 0.3) is 0 Å². The minimum Gasteiger partial charge on any atom is -0.508 e. The molecule has 0 saturated carbocycles. The number of phenolic OH excluding ortho intramolecular Hbond substituents is 1. The molecular formula is C10H14FNO. The first-order chi connectivity index (χ1) is 6.15. The molecule has 3 N–H and O–H groups in total. The highest BCUT2D eigenvalue weighted by molar-refractivity contribution is 5.36. The van der Waals surface area contributed by atoms with Crippen LogP contribution in [0.4, 0.5) is 4.39 Å². The average molecular weight is 183 g/mol. The van der Waals surface area contributed by atoms with Crippen LogP contribution in [0.5, 0.6) is 5.75 Å². The number of hydrogen-bond acceptors (Lipinski definition) is 2. The number of alkyl halides is 1. The Bertz CT molecular complexity index is 288. The van der Waals surface area contributed by atoms with E-state index in [-0.39, 0.29) is 5.75 Å². The molecule has 1 unspecified atom stereocenters. The topological polar surface area (TPSA) is 46.2 Å². The van der Waals surface area contributed by atoms with E-state index in [0.717, 1.165) is 5.56 Å². The molecule has 1 aromatic carbocycles. The number of benzene rings is 1. The number of rotatable bonds is 3. The van der Waals surface area contributed by atoms with E-state index in [1.54, 1.807) is 19.1 Å². The van der Waals surface area contributed by atoms with E-state index in [4.69, 9.17) is 5.73 Å². The van der Waals surface area contributed by atoms with E-state index in [9.17, 15) is 9.50 Å². The molecule has 13 heavy (non-hydrogen) atoms. The van der Waals surface area contributed by atoms with Gasteiger partial charge in [-0.05, 0) is 37.1 Å². The molecule has 0 fully saturated rings. The molecule has 0 aliphatic heterocycles. The fourth-order valence-electron chi connectivity index (χ4n) is 1.13. The second-order valence-corrected chi connectivity index (χ2v) is 3.09. The molecule has 0 bridgehead atoms. The second kappa shape index (κ2) is 4.23. The summed E-state index contributed by atoms with van der Waals surface area (Å²) in [6, 6.07) is 4.83. The zero-order chi connectivity index (χ0) is 9.84. The Kier molecular flexibility index (Phi) is 3.25. The lowest BCUT2D eigenvalue weighted by Gasteiger charge is -2.08. The van der Waals surface area contributed by atoms with Crippen LogP contribution in [0.1, 0.15) is 23.7 Å². The third-order valence-corrected chi connectivity index (χ3v) is 2.01. The van der Waals surface area contributed by atoms with Gasteiger partial charge in [0.2, 0.25) is 0 Å². The summed E-state index contributed by atoms with van der Waals surface area (Å²) >= 11 is 0.